The SMILES string of the molecule is N#Cc1cccc(C(=O)NC(Cc2cccc(Cl)c2)=Nc2cc(C(F)(F)F)nn2C2CCCC2)c1. The lowest BCUT2D eigenvalue weighted by Crippen LogP contribution is -2.32. The molecule has 0 radical (unpaired) electrons. The van der Waals surface area contributed by atoms with Crippen molar-refractivity contribution in [3.8, 4) is 6.07 Å². The second-order valence-electron chi connectivity index (χ2n) is 8.28. The van der Waals surface area contributed by atoms with Crippen LogP contribution >= 0.6 is 11.6 Å². The molecule has 10 heteroatoms. The van der Waals surface area contributed by atoms with Crippen LogP contribution in [0.25, 0.3) is 0 Å². The van der Waals surface area contributed by atoms with Crippen molar-refractivity contribution in [3.05, 3.63) is 82.0 Å². The molecule has 1 heterocycles. The molecule has 2 aromatic carbocycles. The van der Waals surface area contributed by atoms with E-state index in [0.29, 0.717) is 29.0 Å². The Morgan fingerprint density at radius 1 is 1.17 bits per heavy atom. The van der Waals surface area contributed by atoms with Gasteiger partial charge in [-0.3, -0.25) is 4.79 Å². The number of amidine groups is 1. The molecule has 0 spiro atoms. The zero-order valence-electron chi connectivity index (χ0n) is 18.5. The van der Waals surface area contributed by atoms with E-state index in [1.54, 1.807) is 36.4 Å². The van der Waals surface area contributed by atoms with Crippen LogP contribution in [0.1, 0.15) is 58.9 Å². The van der Waals surface area contributed by atoms with Crippen molar-refractivity contribution in [2.45, 2.75) is 44.3 Å². The number of alkyl halides is 3. The van der Waals surface area contributed by atoms with Gasteiger partial charge in [0.15, 0.2) is 11.5 Å². The summed E-state index contributed by atoms with van der Waals surface area (Å²) in [6.45, 7) is 0. The summed E-state index contributed by atoms with van der Waals surface area (Å²) in [5, 5.41) is 16.1. The van der Waals surface area contributed by atoms with Crippen molar-refractivity contribution in [2.75, 3.05) is 0 Å². The van der Waals surface area contributed by atoms with Gasteiger partial charge in [0.1, 0.15) is 5.84 Å². The monoisotopic (exact) mass is 499 g/mol. The van der Waals surface area contributed by atoms with Gasteiger partial charge in [-0.05, 0) is 48.7 Å². The average Bonchev–Trinajstić information content (AvgIpc) is 3.49. The number of carbonyl (C=O) groups excluding carboxylic acids is 1. The maximum atomic E-state index is 13.5. The minimum Gasteiger partial charge on any atom is -0.310 e. The third-order valence-electron chi connectivity index (χ3n) is 5.70. The lowest BCUT2D eigenvalue weighted by atomic mass is 10.1. The molecule has 1 saturated carbocycles. The maximum Gasteiger partial charge on any atom is 0.435 e. The van der Waals surface area contributed by atoms with Gasteiger partial charge in [0.05, 0.1) is 17.7 Å². The summed E-state index contributed by atoms with van der Waals surface area (Å²) in [6.07, 6.45) is -1.30. The predicted molar refractivity (Wildman–Crippen MR) is 126 cm³/mol. The van der Waals surface area contributed by atoms with Crippen molar-refractivity contribution < 1.29 is 18.0 Å². The minimum absolute atomic E-state index is 0.0207. The summed E-state index contributed by atoms with van der Waals surface area (Å²) in [4.78, 5) is 17.4. The van der Waals surface area contributed by atoms with Crippen LogP contribution in [0, 0.1) is 11.3 Å². The molecule has 1 aromatic heterocycles. The number of hydrogen-bond donors (Lipinski definition) is 1. The third-order valence-corrected chi connectivity index (χ3v) is 5.93. The first-order chi connectivity index (χ1) is 16.7. The number of carbonyl (C=O) groups is 1. The Bertz CT molecular complexity index is 1300. The van der Waals surface area contributed by atoms with Gasteiger partial charge in [0.25, 0.3) is 5.91 Å². The highest BCUT2D eigenvalue weighted by Crippen LogP contribution is 2.37. The van der Waals surface area contributed by atoms with Gasteiger partial charge in [-0.1, -0.05) is 42.6 Å². The second-order valence-corrected chi connectivity index (χ2v) is 8.72. The first-order valence-electron chi connectivity index (χ1n) is 11.0. The zero-order valence-corrected chi connectivity index (χ0v) is 19.3. The van der Waals surface area contributed by atoms with E-state index in [-0.39, 0.29) is 29.7 Å². The van der Waals surface area contributed by atoms with Crippen molar-refractivity contribution in [1.82, 2.24) is 15.1 Å². The number of hydrogen-bond acceptors (Lipinski definition) is 4. The lowest BCUT2D eigenvalue weighted by Gasteiger charge is -2.14. The fourth-order valence-electron chi connectivity index (χ4n) is 4.05. The number of aliphatic imine (C=N–C) groups is 1. The van der Waals surface area contributed by atoms with Gasteiger partial charge in [-0.25, -0.2) is 9.67 Å². The Morgan fingerprint density at radius 2 is 1.91 bits per heavy atom. The Balaban J connectivity index is 1.74. The van der Waals surface area contributed by atoms with Gasteiger partial charge < -0.3 is 5.32 Å². The summed E-state index contributed by atoms with van der Waals surface area (Å²) in [5.74, 6) is -0.384. The summed E-state index contributed by atoms with van der Waals surface area (Å²) in [7, 11) is 0. The Hall–Kier alpha value is -3.64. The van der Waals surface area contributed by atoms with Gasteiger partial charge in [0, 0.05) is 23.1 Å². The molecule has 0 saturated heterocycles. The fraction of sp³-hybridized carbons (Fsp3) is 0.280. The molecule has 4 rings (SSSR count). The summed E-state index contributed by atoms with van der Waals surface area (Å²) in [6, 6.07) is 15.7. The van der Waals surface area contributed by atoms with E-state index >= 15 is 0 Å². The molecule has 1 N–H and O–H groups in total. The Morgan fingerprint density at radius 3 is 2.60 bits per heavy atom. The molecule has 6 nitrogen and oxygen atoms in total. The number of nitriles is 1. The number of aromatic nitrogens is 2. The smallest absolute Gasteiger partial charge is 0.310 e. The Labute approximate surface area is 205 Å². The quantitative estimate of drug-likeness (QED) is 0.333. The molecule has 1 amide bonds. The summed E-state index contributed by atoms with van der Waals surface area (Å²) >= 11 is 6.09. The van der Waals surface area contributed by atoms with E-state index in [1.807, 2.05) is 6.07 Å². The number of amides is 1. The molecule has 0 unspecified atom stereocenters. The van der Waals surface area contributed by atoms with Crippen LogP contribution in [-0.4, -0.2) is 21.5 Å². The zero-order chi connectivity index (χ0) is 25.0. The molecule has 0 aliphatic heterocycles. The topological polar surface area (TPSA) is 83.1 Å². The highest BCUT2D eigenvalue weighted by molar-refractivity contribution is 6.30. The first-order valence-corrected chi connectivity index (χ1v) is 11.4. The highest BCUT2D eigenvalue weighted by atomic mass is 35.5. The number of halogens is 4. The van der Waals surface area contributed by atoms with E-state index in [0.717, 1.165) is 18.9 Å². The molecular weight excluding hydrogens is 479 g/mol. The van der Waals surface area contributed by atoms with Gasteiger partial charge in [-0.15, -0.1) is 0 Å². The molecule has 180 valence electrons. The Kier molecular flexibility index (Phi) is 7.22. The average molecular weight is 500 g/mol. The minimum atomic E-state index is -4.62. The largest absolute Gasteiger partial charge is 0.435 e. The van der Waals surface area contributed by atoms with Gasteiger partial charge >= 0.3 is 6.18 Å². The summed E-state index contributed by atoms with van der Waals surface area (Å²) < 4.78 is 41.7. The van der Waals surface area contributed by atoms with Crippen LogP contribution in [0.5, 0.6) is 0 Å². The number of nitrogens with zero attached hydrogens (tertiary/aromatic N) is 4. The highest BCUT2D eigenvalue weighted by Gasteiger charge is 2.36. The van der Waals surface area contributed by atoms with Crippen LogP contribution in [0.3, 0.4) is 0 Å². The van der Waals surface area contributed by atoms with E-state index in [4.69, 9.17) is 16.9 Å². The second kappa shape index (κ2) is 10.3. The molecule has 1 aliphatic rings. The molecule has 35 heavy (non-hydrogen) atoms. The van der Waals surface area contributed by atoms with Gasteiger partial charge in [-0.2, -0.15) is 23.5 Å². The molecule has 1 aliphatic carbocycles. The number of benzene rings is 2. The summed E-state index contributed by atoms with van der Waals surface area (Å²) in [5.41, 5.74) is 0.215. The van der Waals surface area contributed by atoms with Crippen LogP contribution in [0.2, 0.25) is 5.02 Å². The van der Waals surface area contributed by atoms with E-state index < -0.39 is 17.8 Å². The maximum absolute atomic E-state index is 13.5. The molecule has 3 aromatic rings. The van der Waals surface area contributed by atoms with Crippen LogP contribution < -0.4 is 5.32 Å². The van der Waals surface area contributed by atoms with Crippen LogP contribution in [0.15, 0.2) is 59.6 Å². The molecule has 0 atom stereocenters. The molecule has 0 bridgehead atoms. The third kappa shape index (κ3) is 6.08. The fourth-order valence-corrected chi connectivity index (χ4v) is 4.26. The number of nitrogens with one attached hydrogen (secondary N) is 1. The van der Waals surface area contributed by atoms with E-state index in [1.165, 1.54) is 16.8 Å². The standard InChI is InChI=1S/C25H21ClF3N5O/c26-19-8-4-5-16(12-19)13-22(32-24(35)18-7-3-6-17(11-18)15-30)31-23-14-21(25(27,28)29)33-34(23)20-9-1-2-10-20/h3-8,11-12,14,20H,1-2,9-10,13H2,(H,31,32,35). The predicted octanol–water partition coefficient (Wildman–Crippen LogP) is 6.24. The van der Waals surface area contributed by atoms with Crippen LogP contribution in [-0.2, 0) is 12.6 Å². The van der Waals surface area contributed by atoms with Gasteiger partial charge in [0.2, 0.25) is 0 Å². The van der Waals surface area contributed by atoms with Crippen molar-refractivity contribution in [2.24, 2.45) is 4.99 Å². The molecule has 1 fully saturated rings. The molecular formula is C25H21ClF3N5O. The van der Waals surface area contributed by atoms with Crippen LogP contribution in [0.4, 0.5) is 19.0 Å². The first kappa shape index (κ1) is 24.5. The lowest BCUT2D eigenvalue weighted by molar-refractivity contribution is -0.141. The van der Waals surface area contributed by atoms with E-state index in [9.17, 15) is 18.0 Å². The van der Waals surface area contributed by atoms with E-state index in [2.05, 4.69) is 15.4 Å². The van der Waals surface area contributed by atoms with Crippen molar-refractivity contribution in [1.29, 1.82) is 5.26 Å². The number of rotatable bonds is 5. The van der Waals surface area contributed by atoms with Crippen molar-refractivity contribution >= 4 is 29.2 Å². The normalized spacial score (nSPS) is 14.7. The van der Waals surface area contributed by atoms with Crippen molar-refractivity contribution in [3.63, 3.8) is 0 Å².